The molecule has 4 saturated carbocycles. The van der Waals surface area contributed by atoms with Crippen LogP contribution in [0.5, 0.6) is 0 Å². The van der Waals surface area contributed by atoms with Crippen molar-refractivity contribution in [2.75, 3.05) is 4.90 Å². The number of anilines is 3. The molecular weight excluding hydrogens is 757 g/mol. The molecule has 0 aliphatic heterocycles. The second-order valence-corrected chi connectivity index (χ2v) is 19.8. The molecule has 4 fully saturated rings. The van der Waals surface area contributed by atoms with E-state index in [1.54, 1.807) is 5.56 Å². The van der Waals surface area contributed by atoms with Crippen molar-refractivity contribution in [3.8, 4) is 27.9 Å². The fourth-order valence-corrected chi connectivity index (χ4v) is 14.6. The molecule has 14 rings (SSSR count). The zero-order valence-electron chi connectivity index (χ0n) is 34.0. The van der Waals surface area contributed by atoms with Crippen LogP contribution >= 0.6 is 11.3 Å². The molecular formula is C58H44N2S. The van der Waals surface area contributed by atoms with E-state index < -0.39 is 0 Å². The van der Waals surface area contributed by atoms with Crippen molar-refractivity contribution in [1.29, 1.82) is 0 Å². The van der Waals surface area contributed by atoms with E-state index in [0.717, 1.165) is 17.8 Å². The zero-order chi connectivity index (χ0) is 39.9. The monoisotopic (exact) mass is 800 g/mol. The predicted octanol–water partition coefficient (Wildman–Crippen LogP) is 16.0. The summed E-state index contributed by atoms with van der Waals surface area (Å²) in [5.74, 6) is 2.86. The van der Waals surface area contributed by atoms with Crippen molar-refractivity contribution in [1.82, 2.24) is 4.57 Å². The molecule has 3 heteroatoms. The van der Waals surface area contributed by atoms with Crippen molar-refractivity contribution in [3.63, 3.8) is 0 Å². The predicted molar refractivity (Wildman–Crippen MR) is 257 cm³/mol. The molecule has 10 aromatic rings. The van der Waals surface area contributed by atoms with Gasteiger partial charge in [-0.05, 0) is 155 Å². The van der Waals surface area contributed by atoms with E-state index in [4.69, 9.17) is 0 Å². The van der Waals surface area contributed by atoms with Gasteiger partial charge in [0.25, 0.3) is 0 Å². The quantitative estimate of drug-likeness (QED) is 0.156. The van der Waals surface area contributed by atoms with E-state index in [1.807, 2.05) is 11.3 Å². The summed E-state index contributed by atoms with van der Waals surface area (Å²) in [4.78, 5) is 2.57. The largest absolute Gasteiger partial charge is 0.310 e. The molecule has 0 radical (unpaired) electrons. The molecule has 4 aliphatic carbocycles. The van der Waals surface area contributed by atoms with Crippen LogP contribution in [-0.2, 0) is 5.41 Å². The van der Waals surface area contributed by atoms with Gasteiger partial charge >= 0.3 is 0 Å². The van der Waals surface area contributed by atoms with Gasteiger partial charge in [0.05, 0.1) is 11.0 Å². The van der Waals surface area contributed by atoms with Crippen LogP contribution in [0.25, 0.3) is 69.9 Å². The molecule has 0 unspecified atom stereocenters. The van der Waals surface area contributed by atoms with E-state index >= 15 is 0 Å². The van der Waals surface area contributed by atoms with Crippen LogP contribution in [0.1, 0.15) is 37.7 Å². The second kappa shape index (κ2) is 12.6. The van der Waals surface area contributed by atoms with Gasteiger partial charge in [0.2, 0.25) is 0 Å². The highest BCUT2D eigenvalue weighted by Crippen LogP contribution is 2.84. The van der Waals surface area contributed by atoms with E-state index in [9.17, 15) is 0 Å². The number of thiophene rings is 1. The van der Waals surface area contributed by atoms with Gasteiger partial charge in [-0.3, -0.25) is 0 Å². The summed E-state index contributed by atoms with van der Waals surface area (Å²) in [6.07, 6.45) is 7.07. The Morgan fingerprint density at radius 3 is 1.70 bits per heavy atom. The van der Waals surface area contributed by atoms with Gasteiger partial charge in [-0.25, -0.2) is 0 Å². The van der Waals surface area contributed by atoms with Gasteiger partial charge in [0.15, 0.2) is 0 Å². The maximum Gasteiger partial charge on any atom is 0.0541 e. The van der Waals surface area contributed by atoms with Crippen LogP contribution in [0.3, 0.4) is 0 Å². The summed E-state index contributed by atoms with van der Waals surface area (Å²) < 4.78 is 5.11. The Hall–Kier alpha value is -6.42. The summed E-state index contributed by atoms with van der Waals surface area (Å²) >= 11 is 1.89. The molecule has 2 nitrogen and oxygen atoms in total. The van der Waals surface area contributed by atoms with E-state index in [-0.39, 0.29) is 5.41 Å². The minimum atomic E-state index is 0.280. The molecule has 2 aromatic heterocycles. The summed E-state index contributed by atoms with van der Waals surface area (Å²) in [5.41, 5.74) is 14.8. The van der Waals surface area contributed by atoms with Crippen molar-refractivity contribution >= 4 is 70.4 Å². The summed E-state index contributed by atoms with van der Waals surface area (Å²) in [5, 5.41) is 5.26. The number of fused-ring (bicyclic) bond motifs is 7. The highest BCUT2D eigenvalue weighted by Gasteiger charge is 2.77. The minimum absolute atomic E-state index is 0.280. The summed E-state index contributed by atoms with van der Waals surface area (Å²) in [7, 11) is 0. The van der Waals surface area contributed by atoms with Crippen LogP contribution in [0.2, 0.25) is 0 Å². The van der Waals surface area contributed by atoms with Gasteiger partial charge in [-0.15, -0.1) is 11.3 Å². The number of hydrogen-bond donors (Lipinski definition) is 0. The lowest BCUT2D eigenvalue weighted by Crippen LogP contribution is -2.59. The average molecular weight is 801 g/mol. The van der Waals surface area contributed by atoms with Crippen LogP contribution < -0.4 is 4.90 Å². The Kier molecular flexibility index (Phi) is 7.07. The van der Waals surface area contributed by atoms with Crippen LogP contribution in [-0.4, -0.2) is 4.57 Å². The maximum absolute atomic E-state index is 2.57. The third-order valence-electron chi connectivity index (χ3n) is 16.0. The Bertz CT molecular complexity index is 3320. The number of benzene rings is 8. The van der Waals surface area contributed by atoms with Gasteiger partial charge in [0.1, 0.15) is 0 Å². The molecule has 2 atom stereocenters. The lowest BCUT2D eigenvalue weighted by molar-refractivity contribution is -0.175. The number of aromatic nitrogens is 1. The Labute approximate surface area is 360 Å². The summed E-state index contributed by atoms with van der Waals surface area (Å²) in [6, 6.07) is 70.6. The lowest BCUT2D eigenvalue weighted by Gasteiger charge is -2.66. The van der Waals surface area contributed by atoms with Crippen LogP contribution in [0.15, 0.2) is 188 Å². The van der Waals surface area contributed by atoms with Crippen LogP contribution in [0, 0.1) is 23.2 Å². The standard InChI is InChI=1S/C58H44N2S/c1-5-16-52-47(12-1)48-13-2-6-17-53(48)60(52)46-11-9-10-39(30-46)37-20-25-44(26-21-37)59(54-18-7-4-15-51(54)57-34-42-32-41-33-43(35-57)58(41,42)36-57)45-27-22-38(23-28-45)40-24-29-50-49-14-3-8-19-55(49)61-56(50)31-40/h1-31,41-43H,32-36H2/t41?,42-,43-,57?,58?/m0/s1. The Morgan fingerprint density at radius 2 is 1.03 bits per heavy atom. The SMILES string of the molecule is c1cc(-c2ccc(N(c3ccc(-c4ccc5c(c4)sc4ccccc45)cc3)c3ccccc3C34C[C@@H]5CC6C[C@@H](C3)C65C4)cc2)cc(-n2c3ccccc3c3ccccc32)c1. The first-order valence-corrected chi connectivity index (χ1v) is 23.1. The molecule has 0 amide bonds. The number of para-hydroxylation sites is 3. The zero-order valence-corrected chi connectivity index (χ0v) is 34.8. The molecule has 1 spiro atoms. The van der Waals surface area contributed by atoms with E-state index in [1.165, 1.54) is 119 Å². The molecule has 2 heterocycles. The first kappa shape index (κ1) is 34.3. The van der Waals surface area contributed by atoms with Crippen molar-refractivity contribution < 1.29 is 0 Å². The van der Waals surface area contributed by atoms with Crippen molar-refractivity contribution in [2.45, 2.75) is 37.5 Å². The highest BCUT2D eigenvalue weighted by molar-refractivity contribution is 7.25. The lowest BCUT2D eigenvalue weighted by atomic mass is 9.38. The third-order valence-corrected chi connectivity index (χ3v) is 17.2. The van der Waals surface area contributed by atoms with Crippen LogP contribution in [0.4, 0.5) is 17.1 Å². The highest BCUT2D eigenvalue weighted by atomic mass is 32.1. The summed E-state index contributed by atoms with van der Waals surface area (Å²) in [6.45, 7) is 0. The smallest absolute Gasteiger partial charge is 0.0541 e. The minimum Gasteiger partial charge on any atom is -0.310 e. The van der Waals surface area contributed by atoms with Gasteiger partial charge in [-0.2, -0.15) is 0 Å². The Morgan fingerprint density at radius 1 is 0.459 bits per heavy atom. The molecule has 0 saturated heterocycles. The second-order valence-electron chi connectivity index (χ2n) is 18.7. The molecule has 2 bridgehead atoms. The molecule has 4 aliphatic rings. The van der Waals surface area contributed by atoms with Crippen molar-refractivity contribution in [2.24, 2.45) is 23.2 Å². The van der Waals surface area contributed by atoms with Gasteiger partial charge < -0.3 is 9.47 Å². The van der Waals surface area contributed by atoms with Gasteiger partial charge in [-0.1, -0.05) is 121 Å². The number of nitrogens with zero attached hydrogens (tertiary/aromatic N) is 2. The topological polar surface area (TPSA) is 8.17 Å². The molecule has 292 valence electrons. The maximum atomic E-state index is 2.57. The van der Waals surface area contributed by atoms with E-state index in [0.29, 0.717) is 5.41 Å². The first-order valence-electron chi connectivity index (χ1n) is 22.2. The fourth-order valence-electron chi connectivity index (χ4n) is 13.5. The Balaban J connectivity index is 0.864. The fraction of sp³-hybridized carbons (Fsp3) is 0.172. The molecule has 0 N–H and O–H groups in total. The normalized spacial score (nSPS) is 23.4. The molecule has 61 heavy (non-hydrogen) atoms. The number of hydrogen-bond acceptors (Lipinski definition) is 2. The third kappa shape index (κ3) is 4.79. The van der Waals surface area contributed by atoms with Crippen molar-refractivity contribution in [3.05, 3.63) is 194 Å². The van der Waals surface area contributed by atoms with E-state index in [2.05, 4.69) is 198 Å². The van der Waals surface area contributed by atoms with Gasteiger partial charge in [0, 0.05) is 53.7 Å². The molecule has 8 aromatic carbocycles. The average Bonchev–Trinajstić information content (AvgIpc) is 4.04. The first-order chi connectivity index (χ1) is 30.1. The number of rotatable bonds is 7.